The molecule has 1 saturated heterocycles. The summed E-state index contributed by atoms with van der Waals surface area (Å²) in [5.41, 5.74) is 0.0465. The molecule has 1 fully saturated rings. The molecule has 3 atom stereocenters. The van der Waals surface area contributed by atoms with Crippen LogP contribution in [0.1, 0.15) is 25.5 Å². The van der Waals surface area contributed by atoms with Crippen LogP contribution >= 0.6 is 0 Å². The molecule has 1 aromatic heterocycles. The Hall–Kier alpha value is -2.91. The van der Waals surface area contributed by atoms with E-state index in [0.717, 1.165) is 10.1 Å². The number of hydrogen-bond donors (Lipinski definition) is 1. The van der Waals surface area contributed by atoms with Crippen molar-refractivity contribution in [3.63, 3.8) is 0 Å². The van der Waals surface area contributed by atoms with Crippen LogP contribution in [0, 0.1) is 0 Å². The molecule has 3 heterocycles. The van der Waals surface area contributed by atoms with Gasteiger partial charge in [-0.1, -0.05) is 30.3 Å². The van der Waals surface area contributed by atoms with Gasteiger partial charge in [0.15, 0.2) is 11.5 Å². The van der Waals surface area contributed by atoms with Gasteiger partial charge in [0.25, 0.3) is 5.56 Å². The van der Waals surface area contributed by atoms with Gasteiger partial charge in [0.2, 0.25) is 6.41 Å². The molecular formula is C20H24N4O5. The van der Waals surface area contributed by atoms with Gasteiger partial charge in [-0.2, -0.15) is 0 Å². The zero-order valence-electron chi connectivity index (χ0n) is 16.8. The minimum absolute atomic E-state index is 0.126. The summed E-state index contributed by atoms with van der Waals surface area (Å²) in [5.74, 6) is -0.537. The summed E-state index contributed by atoms with van der Waals surface area (Å²) in [6, 6.07) is 9.13. The predicted octanol–water partition coefficient (Wildman–Crippen LogP) is 0.734. The van der Waals surface area contributed by atoms with Crippen LogP contribution in [0.15, 0.2) is 39.9 Å². The zero-order valence-corrected chi connectivity index (χ0v) is 16.8. The second-order valence-electron chi connectivity index (χ2n) is 7.80. The van der Waals surface area contributed by atoms with E-state index in [1.54, 1.807) is 7.05 Å². The lowest BCUT2D eigenvalue weighted by atomic mass is 9.96. The van der Waals surface area contributed by atoms with E-state index >= 15 is 0 Å². The number of anilines is 2. The Morgan fingerprint density at radius 1 is 1.10 bits per heavy atom. The molecule has 0 spiro atoms. The Morgan fingerprint density at radius 3 is 2.45 bits per heavy atom. The van der Waals surface area contributed by atoms with Crippen molar-refractivity contribution in [2.45, 2.75) is 37.9 Å². The highest BCUT2D eigenvalue weighted by atomic mass is 16.8. The molecule has 0 bridgehead atoms. The lowest BCUT2D eigenvalue weighted by Crippen LogP contribution is -2.56. The number of fused-ring (bicyclic) bond motifs is 1. The molecule has 2 aliphatic rings. The predicted molar refractivity (Wildman–Crippen MR) is 107 cm³/mol. The fourth-order valence-electron chi connectivity index (χ4n) is 4.10. The third-order valence-corrected chi connectivity index (χ3v) is 5.48. The summed E-state index contributed by atoms with van der Waals surface area (Å²) < 4.78 is 14.7. The minimum Gasteiger partial charge on any atom is -0.367 e. The average Bonchev–Trinajstić information content (AvgIpc) is 3.05. The first-order valence-corrected chi connectivity index (χ1v) is 9.43. The van der Waals surface area contributed by atoms with Crippen molar-refractivity contribution in [1.29, 1.82) is 0 Å². The van der Waals surface area contributed by atoms with E-state index < -0.39 is 35.3 Å². The number of carbonyl (C=O) groups excluding carboxylic acids is 1. The number of benzene rings is 1. The van der Waals surface area contributed by atoms with Crippen molar-refractivity contribution in [2.75, 3.05) is 16.8 Å². The number of nitrogens with zero attached hydrogens (tertiary/aromatic N) is 3. The van der Waals surface area contributed by atoms with Crippen LogP contribution in [0.3, 0.4) is 0 Å². The quantitative estimate of drug-likeness (QED) is 0.764. The lowest BCUT2D eigenvalue weighted by molar-refractivity contribution is -0.148. The van der Waals surface area contributed by atoms with Gasteiger partial charge in [-0.3, -0.25) is 23.6 Å². The number of amides is 1. The van der Waals surface area contributed by atoms with E-state index in [1.807, 2.05) is 44.2 Å². The Labute approximate surface area is 167 Å². The van der Waals surface area contributed by atoms with E-state index in [2.05, 4.69) is 5.32 Å². The molecule has 0 aliphatic carbocycles. The van der Waals surface area contributed by atoms with Gasteiger partial charge in [0, 0.05) is 20.6 Å². The number of rotatable bonds is 3. The highest BCUT2D eigenvalue weighted by molar-refractivity contribution is 5.84. The molecular weight excluding hydrogens is 376 g/mol. The van der Waals surface area contributed by atoms with E-state index in [4.69, 9.17) is 9.47 Å². The van der Waals surface area contributed by atoms with Crippen LogP contribution in [0.4, 0.5) is 11.5 Å². The van der Waals surface area contributed by atoms with Crippen LogP contribution in [0.2, 0.25) is 0 Å². The summed E-state index contributed by atoms with van der Waals surface area (Å²) >= 11 is 0. The molecule has 29 heavy (non-hydrogen) atoms. The highest BCUT2D eigenvalue weighted by Crippen LogP contribution is 2.42. The topological polar surface area (TPSA) is 94.8 Å². The van der Waals surface area contributed by atoms with E-state index in [9.17, 15) is 14.4 Å². The van der Waals surface area contributed by atoms with Crippen LogP contribution in [-0.2, 0) is 28.4 Å². The molecule has 9 heteroatoms. The second kappa shape index (κ2) is 6.85. The molecule has 1 N–H and O–H groups in total. The van der Waals surface area contributed by atoms with Crippen LogP contribution < -0.4 is 21.5 Å². The van der Waals surface area contributed by atoms with Gasteiger partial charge >= 0.3 is 5.69 Å². The van der Waals surface area contributed by atoms with Gasteiger partial charge in [0.1, 0.15) is 18.0 Å². The molecule has 0 saturated carbocycles. The first-order valence-electron chi connectivity index (χ1n) is 9.43. The van der Waals surface area contributed by atoms with E-state index in [-0.39, 0.29) is 5.69 Å². The zero-order chi connectivity index (χ0) is 20.9. The van der Waals surface area contributed by atoms with Gasteiger partial charge < -0.3 is 14.8 Å². The van der Waals surface area contributed by atoms with Crippen molar-refractivity contribution in [1.82, 2.24) is 9.13 Å². The Bertz CT molecular complexity index is 1060. The summed E-state index contributed by atoms with van der Waals surface area (Å²) in [7, 11) is 2.95. The lowest BCUT2D eigenvalue weighted by Gasteiger charge is -2.39. The van der Waals surface area contributed by atoms with Crippen LogP contribution in [-0.4, -0.2) is 40.0 Å². The molecule has 2 aliphatic heterocycles. The average molecular weight is 400 g/mol. The third-order valence-electron chi connectivity index (χ3n) is 5.48. The van der Waals surface area contributed by atoms with Crippen LogP contribution in [0.25, 0.3) is 0 Å². The van der Waals surface area contributed by atoms with Crippen LogP contribution in [0.5, 0.6) is 0 Å². The number of carbonyl (C=O) groups is 1. The van der Waals surface area contributed by atoms with E-state index in [1.165, 1.54) is 16.5 Å². The van der Waals surface area contributed by atoms with Gasteiger partial charge in [-0.25, -0.2) is 4.79 Å². The molecule has 1 aromatic carbocycles. The highest BCUT2D eigenvalue weighted by Gasteiger charge is 2.49. The van der Waals surface area contributed by atoms with Crippen molar-refractivity contribution in [2.24, 2.45) is 14.1 Å². The van der Waals surface area contributed by atoms with E-state index in [0.29, 0.717) is 18.8 Å². The Balaban J connectivity index is 1.81. The monoisotopic (exact) mass is 400 g/mol. The second-order valence-corrected chi connectivity index (χ2v) is 7.80. The normalized spacial score (nSPS) is 25.4. The summed E-state index contributed by atoms with van der Waals surface area (Å²) in [6.07, 6.45) is -0.314. The fourth-order valence-corrected chi connectivity index (χ4v) is 4.10. The molecule has 0 radical (unpaired) electrons. The number of aromatic nitrogens is 2. The Morgan fingerprint density at radius 2 is 1.79 bits per heavy atom. The molecule has 154 valence electrons. The number of ether oxygens (including phenoxy) is 2. The standard InChI is InChI=1S/C20H24N4O5/c1-20(2)28-15(12-8-6-5-7-9-12)16(29-20)13-10-21-17-14(24(13)11-25)18(26)23(4)19(27)22(17)3/h5-9,11,13,15-16,21H,10H2,1-4H3. The summed E-state index contributed by atoms with van der Waals surface area (Å²) in [4.78, 5) is 38.6. The Kier molecular flexibility index (Phi) is 4.59. The molecule has 9 nitrogen and oxygen atoms in total. The molecule has 3 unspecified atom stereocenters. The first-order chi connectivity index (χ1) is 13.7. The maximum Gasteiger partial charge on any atom is 0.332 e. The van der Waals surface area contributed by atoms with Gasteiger partial charge in [-0.15, -0.1) is 0 Å². The molecule has 1 amide bonds. The summed E-state index contributed by atoms with van der Waals surface area (Å²) in [5, 5.41) is 3.14. The van der Waals surface area contributed by atoms with Crippen molar-refractivity contribution >= 4 is 17.9 Å². The smallest absolute Gasteiger partial charge is 0.332 e. The number of nitrogens with one attached hydrogen (secondary N) is 1. The molecule has 2 aromatic rings. The summed E-state index contributed by atoms with van der Waals surface area (Å²) in [6.45, 7) is 3.95. The fraction of sp³-hybridized carbons (Fsp3) is 0.450. The first kappa shape index (κ1) is 19.4. The third kappa shape index (κ3) is 3.06. The SMILES string of the molecule is Cn1c2c(c(=O)n(C)c1=O)N(C=O)C(C1OC(C)(C)OC1c1ccccc1)CN2. The number of hydrogen-bond acceptors (Lipinski definition) is 6. The van der Waals surface area contributed by atoms with Crippen molar-refractivity contribution in [3.8, 4) is 0 Å². The molecule has 4 rings (SSSR count). The maximum absolute atomic E-state index is 12.8. The van der Waals surface area contributed by atoms with Gasteiger partial charge in [0.05, 0.1) is 6.04 Å². The largest absolute Gasteiger partial charge is 0.367 e. The van der Waals surface area contributed by atoms with Crippen molar-refractivity contribution in [3.05, 3.63) is 56.7 Å². The minimum atomic E-state index is -0.853. The van der Waals surface area contributed by atoms with Crippen molar-refractivity contribution < 1.29 is 14.3 Å². The van der Waals surface area contributed by atoms with Gasteiger partial charge in [-0.05, 0) is 19.4 Å². The maximum atomic E-state index is 12.8.